The van der Waals surface area contributed by atoms with Gasteiger partial charge >= 0.3 is 11.9 Å². The lowest BCUT2D eigenvalue weighted by atomic mass is 9.98. The van der Waals surface area contributed by atoms with Crippen LogP contribution in [-0.4, -0.2) is 32.2 Å². The summed E-state index contributed by atoms with van der Waals surface area (Å²) < 4.78 is 0. The summed E-state index contributed by atoms with van der Waals surface area (Å²) in [6, 6.07) is 3.01. The van der Waals surface area contributed by atoms with E-state index in [4.69, 9.17) is 10.2 Å². The number of hydrogen-bond acceptors (Lipinski definition) is 5. The van der Waals surface area contributed by atoms with E-state index in [1.54, 1.807) is 0 Å². The molecule has 0 unspecified atom stereocenters. The lowest BCUT2D eigenvalue weighted by molar-refractivity contribution is -0.384. The second-order valence-electron chi connectivity index (χ2n) is 3.50. The molecule has 0 spiro atoms. The summed E-state index contributed by atoms with van der Waals surface area (Å²) in [6.07, 6.45) is -0.530. The summed E-state index contributed by atoms with van der Waals surface area (Å²) in [7, 11) is 0. The molecule has 1 aromatic carbocycles. The summed E-state index contributed by atoms with van der Waals surface area (Å²) in [5.74, 6) is -5.30. The van der Waals surface area contributed by atoms with E-state index in [1.807, 2.05) is 0 Å². The molecule has 0 aliphatic heterocycles. The van der Waals surface area contributed by atoms with Gasteiger partial charge in [-0.25, -0.2) is 0 Å². The van der Waals surface area contributed by atoms with Crippen molar-refractivity contribution in [3.63, 3.8) is 0 Å². The zero-order valence-electron chi connectivity index (χ0n) is 8.94. The standard InChI is InChI=1S/C10H9NO7/c12-8-2-1-6(11(17)18)3-5(8)4-7(9(13)14)10(15)16/h1-3,7,12H,4H2,(H,13,14)(H,15,16). The van der Waals surface area contributed by atoms with E-state index < -0.39 is 29.2 Å². The summed E-state index contributed by atoms with van der Waals surface area (Å²) in [4.78, 5) is 31.1. The zero-order chi connectivity index (χ0) is 13.9. The Morgan fingerprint density at radius 2 is 1.83 bits per heavy atom. The topological polar surface area (TPSA) is 138 Å². The number of nitrogens with zero attached hydrogens (tertiary/aromatic N) is 1. The molecule has 0 aliphatic rings. The molecule has 0 fully saturated rings. The first-order valence-electron chi connectivity index (χ1n) is 4.75. The van der Waals surface area contributed by atoms with Crippen LogP contribution in [0.5, 0.6) is 5.75 Å². The SMILES string of the molecule is O=C(O)C(Cc1cc([N+](=O)[O-])ccc1O)C(=O)O. The number of carboxylic acid groups (broad SMARTS) is 2. The van der Waals surface area contributed by atoms with Gasteiger partial charge in [0.05, 0.1) is 4.92 Å². The van der Waals surface area contributed by atoms with Gasteiger partial charge in [-0.3, -0.25) is 19.7 Å². The molecule has 0 saturated heterocycles. The molecule has 0 atom stereocenters. The van der Waals surface area contributed by atoms with Gasteiger partial charge in [-0.1, -0.05) is 0 Å². The number of benzene rings is 1. The normalized spacial score (nSPS) is 10.3. The van der Waals surface area contributed by atoms with Crippen LogP contribution in [0, 0.1) is 16.0 Å². The van der Waals surface area contributed by atoms with Crippen LogP contribution in [0.25, 0.3) is 0 Å². The van der Waals surface area contributed by atoms with E-state index >= 15 is 0 Å². The Bertz CT molecular complexity index is 497. The van der Waals surface area contributed by atoms with E-state index in [2.05, 4.69) is 0 Å². The largest absolute Gasteiger partial charge is 0.508 e. The van der Waals surface area contributed by atoms with Crippen molar-refractivity contribution in [3.8, 4) is 5.75 Å². The van der Waals surface area contributed by atoms with Crippen molar-refractivity contribution in [3.05, 3.63) is 33.9 Å². The number of phenolic OH excluding ortho intramolecular Hbond substituents is 1. The lowest BCUT2D eigenvalue weighted by Gasteiger charge is -2.08. The monoisotopic (exact) mass is 255 g/mol. The number of carbonyl (C=O) groups is 2. The molecular formula is C10H9NO7. The highest BCUT2D eigenvalue weighted by molar-refractivity contribution is 5.93. The maximum absolute atomic E-state index is 10.7. The first kappa shape index (κ1) is 13.4. The molecular weight excluding hydrogens is 246 g/mol. The molecule has 0 radical (unpaired) electrons. The Morgan fingerprint density at radius 1 is 1.28 bits per heavy atom. The number of rotatable bonds is 5. The minimum Gasteiger partial charge on any atom is -0.508 e. The summed E-state index contributed by atoms with van der Waals surface area (Å²) in [6.45, 7) is 0. The predicted molar refractivity (Wildman–Crippen MR) is 57.2 cm³/mol. The predicted octanol–water partition coefficient (Wildman–Crippen LogP) is 0.628. The molecule has 8 nitrogen and oxygen atoms in total. The van der Waals surface area contributed by atoms with E-state index in [0.717, 1.165) is 18.2 Å². The van der Waals surface area contributed by atoms with Crippen LogP contribution in [0.15, 0.2) is 18.2 Å². The van der Waals surface area contributed by atoms with Crippen LogP contribution in [-0.2, 0) is 16.0 Å². The summed E-state index contributed by atoms with van der Waals surface area (Å²) in [5, 5.41) is 37.3. The van der Waals surface area contributed by atoms with Gasteiger partial charge < -0.3 is 15.3 Å². The van der Waals surface area contributed by atoms with Crippen LogP contribution >= 0.6 is 0 Å². The van der Waals surface area contributed by atoms with Crippen LogP contribution in [0.1, 0.15) is 5.56 Å². The zero-order valence-corrected chi connectivity index (χ0v) is 8.94. The van der Waals surface area contributed by atoms with E-state index in [1.165, 1.54) is 0 Å². The van der Waals surface area contributed by atoms with E-state index in [9.17, 15) is 24.8 Å². The van der Waals surface area contributed by atoms with Crippen molar-refractivity contribution in [2.75, 3.05) is 0 Å². The van der Waals surface area contributed by atoms with Gasteiger partial charge in [-0.15, -0.1) is 0 Å². The van der Waals surface area contributed by atoms with Crippen LogP contribution in [0.2, 0.25) is 0 Å². The average Bonchev–Trinajstić information content (AvgIpc) is 2.26. The molecule has 0 saturated carbocycles. The molecule has 0 amide bonds. The molecule has 3 N–H and O–H groups in total. The molecule has 18 heavy (non-hydrogen) atoms. The minimum atomic E-state index is -1.77. The summed E-state index contributed by atoms with van der Waals surface area (Å²) >= 11 is 0. The van der Waals surface area contributed by atoms with Gasteiger partial charge in [-0.2, -0.15) is 0 Å². The number of aliphatic carboxylic acids is 2. The minimum absolute atomic E-state index is 0.0981. The fourth-order valence-electron chi connectivity index (χ4n) is 1.35. The number of non-ortho nitro benzene ring substituents is 1. The van der Waals surface area contributed by atoms with Gasteiger partial charge in [0.25, 0.3) is 5.69 Å². The van der Waals surface area contributed by atoms with Gasteiger partial charge in [0.1, 0.15) is 5.75 Å². The molecule has 1 rings (SSSR count). The van der Waals surface area contributed by atoms with Crippen molar-refractivity contribution in [1.29, 1.82) is 0 Å². The number of hydrogen-bond donors (Lipinski definition) is 3. The van der Waals surface area contributed by atoms with Crippen molar-refractivity contribution >= 4 is 17.6 Å². The van der Waals surface area contributed by atoms with Gasteiger partial charge in [0, 0.05) is 24.1 Å². The Kier molecular flexibility index (Phi) is 3.82. The van der Waals surface area contributed by atoms with E-state index in [0.29, 0.717) is 0 Å². The van der Waals surface area contributed by atoms with Crippen molar-refractivity contribution in [2.45, 2.75) is 6.42 Å². The van der Waals surface area contributed by atoms with Crippen molar-refractivity contribution in [1.82, 2.24) is 0 Å². The Labute approximate surface area is 100 Å². The van der Waals surface area contributed by atoms with Gasteiger partial charge in [-0.05, 0) is 6.07 Å². The highest BCUT2D eigenvalue weighted by Gasteiger charge is 2.27. The third-order valence-corrected chi connectivity index (χ3v) is 2.29. The van der Waals surface area contributed by atoms with Gasteiger partial charge in [0.2, 0.25) is 0 Å². The molecule has 96 valence electrons. The fraction of sp³-hybridized carbons (Fsp3) is 0.200. The molecule has 0 heterocycles. The maximum Gasteiger partial charge on any atom is 0.318 e. The maximum atomic E-state index is 10.7. The molecule has 1 aromatic rings. The smallest absolute Gasteiger partial charge is 0.318 e. The lowest BCUT2D eigenvalue weighted by Crippen LogP contribution is -2.25. The van der Waals surface area contributed by atoms with Crippen LogP contribution < -0.4 is 0 Å². The number of carboxylic acids is 2. The first-order valence-corrected chi connectivity index (χ1v) is 4.75. The second-order valence-corrected chi connectivity index (χ2v) is 3.50. The molecule has 0 aromatic heterocycles. The highest BCUT2D eigenvalue weighted by Crippen LogP contribution is 2.25. The van der Waals surface area contributed by atoms with Gasteiger partial charge in [0.15, 0.2) is 5.92 Å². The average molecular weight is 255 g/mol. The van der Waals surface area contributed by atoms with Crippen LogP contribution in [0.3, 0.4) is 0 Å². The fourth-order valence-corrected chi connectivity index (χ4v) is 1.35. The van der Waals surface area contributed by atoms with Crippen molar-refractivity contribution in [2.24, 2.45) is 5.92 Å². The molecule has 0 bridgehead atoms. The number of nitro benzene ring substituents is 1. The second kappa shape index (κ2) is 5.13. The third-order valence-electron chi connectivity index (χ3n) is 2.29. The molecule has 0 aliphatic carbocycles. The Morgan fingerprint density at radius 3 is 2.28 bits per heavy atom. The number of aromatic hydroxyl groups is 1. The number of phenols is 1. The Balaban J connectivity index is 3.09. The van der Waals surface area contributed by atoms with Crippen LogP contribution in [0.4, 0.5) is 5.69 Å². The van der Waals surface area contributed by atoms with E-state index in [-0.39, 0.29) is 17.0 Å². The highest BCUT2D eigenvalue weighted by atomic mass is 16.6. The quantitative estimate of drug-likeness (QED) is 0.398. The summed E-state index contributed by atoms with van der Waals surface area (Å²) in [5.41, 5.74) is -0.448. The third kappa shape index (κ3) is 2.94. The Hall–Kier alpha value is -2.64. The molecule has 8 heteroatoms. The number of nitro groups is 1. The van der Waals surface area contributed by atoms with Crippen molar-refractivity contribution < 1.29 is 29.8 Å². The first-order chi connectivity index (χ1) is 8.32.